The van der Waals surface area contributed by atoms with Crippen molar-refractivity contribution in [3.63, 3.8) is 0 Å². The van der Waals surface area contributed by atoms with Crippen LogP contribution in [0.25, 0.3) is 0 Å². The van der Waals surface area contributed by atoms with Crippen LogP contribution in [0.3, 0.4) is 0 Å². The molecule has 4 heteroatoms. The molecule has 14 heavy (non-hydrogen) atoms. The van der Waals surface area contributed by atoms with Gasteiger partial charge in [-0.25, -0.2) is 5.06 Å². The number of nitrogens with zero attached hydrogens (tertiary/aromatic N) is 1. The molecule has 0 saturated carbocycles. The van der Waals surface area contributed by atoms with Crippen LogP contribution in [0.4, 0.5) is 0 Å². The minimum Gasteiger partial charge on any atom is -0.328 e. The molecule has 1 unspecified atom stereocenters. The number of nitrogens with two attached hydrogens (primary N) is 1. The monoisotopic (exact) mass is 200 g/mol. The van der Waals surface area contributed by atoms with E-state index in [0.29, 0.717) is 13.0 Å². The minimum absolute atomic E-state index is 0.102. The van der Waals surface area contributed by atoms with Gasteiger partial charge in [0.25, 0.3) is 0 Å². The molecule has 0 aromatic rings. The maximum Gasteiger partial charge on any atom is 0.246 e. The molecule has 1 fully saturated rings. The molecule has 4 nitrogen and oxygen atoms in total. The minimum atomic E-state index is 0.102. The molecule has 1 amide bonds. The molecule has 82 valence electrons. The zero-order valence-corrected chi connectivity index (χ0v) is 8.87. The van der Waals surface area contributed by atoms with Crippen LogP contribution in [0.1, 0.15) is 39.0 Å². The van der Waals surface area contributed by atoms with Crippen LogP contribution in [0.5, 0.6) is 0 Å². The predicted octanol–water partition coefficient (Wildman–Crippen LogP) is 1.06. The fraction of sp³-hybridized carbons (Fsp3) is 0.900. The quantitative estimate of drug-likeness (QED) is 0.738. The Kier molecular flexibility index (Phi) is 4.90. The standard InChI is InChI=1S/C10H20N2O2/c1-9(11)5-4-6-10(13)12-7-2-3-8-14-12/h9H,2-8,11H2,1H3. The zero-order valence-electron chi connectivity index (χ0n) is 8.87. The lowest BCUT2D eigenvalue weighted by Crippen LogP contribution is -2.35. The summed E-state index contributed by atoms with van der Waals surface area (Å²) < 4.78 is 0. The number of rotatable bonds is 4. The van der Waals surface area contributed by atoms with Crippen molar-refractivity contribution in [2.24, 2.45) is 5.73 Å². The first-order valence-corrected chi connectivity index (χ1v) is 5.39. The van der Waals surface area contributed by atoms with E-state index in [0.717, 1.165) is 32.2 Å². The molecule has 1 saturated heterocycles. The Morgan fingerprint density at radius 1 is 1.57 bits per heavy atom. The van der Waals surface area contributed by atoms with E-state index in [1.165, 1.54) is 5.06 Å². The van der Waals surface area contributed by atoms with Crippen LogP contribution in [0.15, 0.2) is 0 Å². The van der Waals surface area contributed by atoms with Gasteiger partial charge in [-0.3, -0.25) is 9.63 Å². The van der Waals surface area contributed by atoms with Crippen LogP contribution < -0.4 is 5.73 Å². The van der Waals surface area contributed by atoms with Gasteiger partial charge < -0.3 is 5.73 Å². The van der Waals surface area contributed by atoms with E-state index >= 15 is 0 Å². The average molecular weight is 200 g/mol. The molecule has 1 aliphatic heterocycles. The van der Waals surface area contributed by atoms with Crippen molar-refractivity contribution < 1.29 is 9.63 Å². The summed E-state index contributed by atoms with van der Waals surface area (Å²) in [6.07, 6.45) is 4.43. The first-order valence-electron chi connectivity index (χ1n) is 5.39. The lowest BCUT2D eigenvalue weighted by Gasteiger charge is -2.25. The predicted molar refractivity (Wildman–Crippen MR) is 54.4 cm³/mol. The molecule has 1 atom stereocenters. The van der Waals surface area contributed by atoms with Crippen LogP contribution in [-0.2, 0) is 9.63 Å². The third-order valence-corrected chi connectivity index (χ3v) is 2.33. The highest BCUT2D eigenvalue weighted by Gasteiger charge is 2.16. The van der Waals surface area contributed by atoms with Gasteiger partial charge >= 0.3 is 0 Å². The number of carbonyl (C=O) groups excluding carboxylic acids is 1. The number of hydroxylamine groups is 2. The van der Waals surface area contributed by atoms with Crippen molar-refractivity contribution >= 4 is 5.91 Å². The largest absolute Gasteiger partial charge is 0.328 e. The van der Waals surface area contributed by atoms with Gasteiger partial charge in [0.15, 0.2) is 0 Å². The van der Waals surface area contributed by atoms with Gasteiger partial charge in [-0.2, -0.15) is 0 Å². The molecule has 0 aliphatic carbocycles. The van der Waals surface area contributed by atoms with Crippen molar-refractivity contribution in [2.75, 3.05) is 13.2 Å². The summed E-state index contributed by atoms with van der Waals surface area (Å²) in [4.78, 5) is 16.8. The van der Waals surface area contributed by atoms with E-state index in [-0.39, 0.29) is 11.9 Å². The van der Waals surface area contributed by atoms with Gasteiger partial charge in [0.1, 0.15) is 0 Å². The smallest absolute Gasteiger partial charge is 0.246 e. The number of carbonyl (C=O) groups is 1. The Morgan fingerprint density at radius 2 is 2.36 bits per heavy atom. The number of amides is 1. The molecule has 1 heterocycles. The summed E-state index contributed by atoms with van der Waals surface area (Å²) in [6, 6.07) is 0.185. The van der Waals surface area contributed by atoms with E-state index < -0.39 is 0 Å². The van der Waals surface area contributed by atoms with Crippen LogP contribution in [0.2, 0.25) is 0 Å². The second-order valence-corrected chi connectivity index (χ2v) is 3.91. The van der Waals surface area contributed by atoms with Crippen molar-refractivity contribution in [3.8, 4) is 0 Å². The molecule has 1 aliphatic rings. The average Bonchev–Trinajstić information content (AvgIpc) is 2.18. The molecular weight excluding hydrogens is 180 g/mol. The second-order valence-electron chi connectivity index (χ2n) is 3.91. The SMILES string of the molecule is CC(N)CCCC(=O)N1CCCCO1. The third-order valence-electron chi connectivity index (χ3n) is 2.33. The van der Waals surface area contributed by atoms with E-state index in [4.69, 9.17) is 10.6 Å². The molecule has 1 rings (SSSR count). The maximum atomic E-state index is 11.5. The van der Waals surface area contributed by atoms with Crippen LogP contribution >= 0.6 is 0 Å². The lowest BCUT2D eigenvalue weighted by atomic mass is 10.1. The molecule has 0 aromatic carbocycles. The first-order chi connectivity index (χ1) is 6.70. The highest BCUT2D eigenvalue weighted by molar-refractivity contribution is 5.75. The van der Waals surface area contributed by atoms with Crippen molar-refractivity contribution in [3.05, 3.63) is 0 Å². The molecule has 0 bridgehead atoms. The summed E-state index contributed by atoms with van der Waals surface area (Å²) in [5.74, 6) is 0.102. The Hall–Kier alpha value is -0.610. The van der Waals surface area contributed by atoms with E-state index in [1.54, 1.807) is 0 Å². The highest BCUT2D eigenvalue weighted by Crippen LogP contribution is 2.09. The van der Waals surface area contributed by atoms with Crippen LogP contribution in [0, 0.1) is 0 Å². The molecular formula is C10H20N2O2. The number of hydrogen-bond acceptors (Lipinski definition) is 3. The summed E-state index contributed by atoms with van der Waals surface area (Å²) in [5, 5.41) is 1.50. The van der Waals surface area contributed by atoms with Crippen molar-refractivity contribution in [2.45, 2.75) is 45.1 Å². The number of hydrogen-bond donors (Lipinski definition) is 1. The summed E-state index contributed by atoms with van der Waals surface area (Å²) in [7, 11) is 0. The maximum absolute atomic E-state index is 11.5. The molecule has 0 spiro atoms. The van der Waals surface area contributed by atoms with Crippen molar-refractivity contribution in [1.29, 1.82) is 0 Å². The first kappa shape index (κ1) is 11.5. The van der Waals surface area contributed by atoms with Crippen molar-refractivity contribution in [1.82, 2.24) is 5.06 Å². The van der Waals surface area contributed by atoms with Gasteiger partial charge in [0.2, 0.25) is 5.91 Å². The van der Waals surface area contributed by atoms with E-state index in [1.807, 2.05) is 6.92 Å². The molecule has 0 aromatic heterocycles. The Morgan fingerprint density at radius 3 is 2.93 bits per heavy atom. The Balaban J connectivity index is 2.13. The van der Waals surface area contributed by atoms with E-state index in [2.05, 4.69) is 0 Å². The zero-order chi connectivity index (χ0) is 10.4. The topological polar surface area (TPSA) is 55.6 Å². The Labute approximate surface area is 85.3 Å². The fourth-order valence-electron chi connectivity index (χ4n) is 1.49. The van der Waals surface area contributed by atoms with Gasteiger partial charge in [0, 0.05) is 19.0 Å². The third kappa shape index (κ3) is 4.07. The van der Waals surface area contributed by atoms with Crippen LogP contribution in [-0.4, -0.2) is 30.2 Å². The summed E-state index contributed by atoms with van der Waals surface area (Å²) in [5.41, 5.74) is 5.60. The van der Waals surface area contributed by atoms with Gasteiger partial charge in [-0.1, -0.05) is 0 Å². The normalized spacial score (nSPS) is 19.4. The summed E-state index contributed by atoms with van der Waals surface area (Å²) in [6.45, 7) is 3.39. The van der Waals surface area contributed by atoms with Gasteiger partial charge in [-0.15, -0.1) is 0 Å². The second kappa shape index (κ2) is 5.98. The molecule has 2 N–H and O–H groups in total. The Bertz CT molecular complexity index is 177. The highest BCUT2D eigenvalue weighted by atomic mass is 16.7. The van der Waals surface area contributed by atoms with E-state index in [9.17, 15) is 4.79 Å². The fourth-order valence-corrected chi connectivity index (χ4v) is 1.49. The summed E-state index contributed by atoms with van der Waals surface area (Å²) >= 11 is 0. The van der Waals surface area contributed by atoms with Gasteiger partial charge in [-0.05, 0) is 32.6 Å². The lowest BCUT2D eigenvalue weighted by molar-refractivity contribution is -0.197. The molecule has 0 radical (unpaired) electrons. The van der Waals surface area contributed by atoms with Gasteiger partial charge in [0.05, 0.1) is 6.61 Å².